The van der Waals surface area contributed by atoms with Crippen LogP contribution < -0.4 is 5.14 Å². The van der Waals surface area contributed by atoms with Gasteiger partial charge in [-0.25, -0.2) is 13.6 Å². The summed E-state index contributed by atoms with van der Waals surface area (Å²) in [7, 11) is -2.31. The molecule has 2 heterocycles. The topological polar surface area (TPSA) is 108 Å². The third-order valence-corrected chi connectivity index (χ3v) is 4.47. The number of aromatic nitrogens is 2. The minimum Gasteiger partial charge on any atom is -0.380 e. The van der Waals surface area contributed by atoms with Gasteiger partial charge >= 0.3 is 0 Å². The average Bonchev–Trinajstić information content (AvgIpc) is 2.89. The Bertz CT molecular complexity index is 980. The smallest absolute Gasteiger partial charge is 0.240 e. The van der Waals surface area contributed by atoms with Gasteiger partial charge in [0.05, 0.1) is 12.0 Å². The van der Waals surface area contributed by atoms with Crippen molar-refractivity contribution in [2.75, 3.05) is 7.11 Å². The molecule has 2 N–H and O–H groups in total. The van der Waals surface area contributed by atoms with Crippen molar-refractivity contribution in [3.63, 3.8) is 0 Å². The summed E-state index contributed by atoms with van der Waals surface area (Å²) in [5.41, 5.74) is 3.00. The van der Waals surface area contributed by atoms with E-state index in [4.69, 9.17) is 14.4 Å². The van der Waals surface area contributed by atoms with Crippen LogP contribution >= 0.6 is 0 Å². The normalized spacial score (nSPS) is 12.0. The molecule has 0 saturated heterocycles. The van der Waals surface area contributed by atoms with Gasteiger partial charge in [0.1, 0.15) is 16.3 Å². The number of hydrogen-bond donors (Lipinski definition) is 1. The number of pyridine rings is 1. The molecule has 0 aliphatic rings. The Morgan fingerprint density at radius 3 is 2.78 bits per heavy atom. The zero-order chi connectivity index (χ0) is 16.6. The van der Waals surface area contributed by atoms with Gasteiger partial charge in [0.25, 0.3) is 0 Å². The molecule has 0 bridgehead atoms. The number of sulfonamides is 1. The molecule has 7 nitrogen and oxygen atoms in total. The predicted molar refractivity (Wildman–Crippen MR) is 84.1 cm³/mol. The molecule has 0 atom stereocenters. The highest BCUT2D eigenvalue weighted by molar-refractivity contribution is 7.89. The Morgan fingerprint density at radius 1 is 1.30 bits per heavy atom. The Kier molecular flexibility index (Phi) is 3.88. The van der Waals surface area contributed by atoms with Crippen LogP contribution in [0, 0.1) is 6.92 Å². The fourth-order valence-electron chi connectivity index (χ4n) is 2.41. The molecule has 0 amide bonds. The Hall–Kier alpha value is -2.29. The molecule has 0 unspecified atom stereocenters. The Balaban J connectivity index is 2.25. The van der Waals surface area contributed by atoms with Gasteiger partial charge in [-0.3, -0.25) is 4.98 Å². The van der Waals surface area contributed by atoms with Crippen LogP contribution in [0.25, 0.3) is 22.4 Å². The molecule has 120 valence electrons. The molecule has 2 aromatic heterocycles. The summed E-state index contributed by atoms with van der Waals surface area (Å²) in [6, 6.07) is 6.60. The van der Waals surface area contributed by atoms with Gasteiger partial charge in [-0.05, 0) is 42.3 Å². The average molecular weight is 333 g/mol. The van der Waals surface area contributed by atoms with Gasteiger partial charge in [0, 0.05) is 13.3 Å². The Morgan fingerprint density at radius 2 is 2.09 bits per heavy atom. The molecular formula is C15H15N3O4S. The Labute approximate surface area is 133 Å². The first-order chi connectivity index (χ1) is 10.9. The number of aryl methyl sites for hydroxylation is 1. The minimum atomic E-state index is -3.92. The predicted octanol–water partition coefficient (Wildman–Crippen LogP) is 1.99. The van der Waals surface area contributed by atoms with E-state index < -0.39 is 10.0 Å². The maximum absolute atomic E-state index is 11.8. The molecule has 0 radical (unpaired) electrons. The van der Waals surface area contributed by atoms with Crippen LogP contribution in [-0.4, -0.2) is 25.7 Å². The van der Waals surface area contributed by atoms with Gasteiger partial charge in [-0.1, -0.05) is 5.16 Å². The number of rotatable bonds is 4. The molecule has 3 aromatic rings. The summed E-state index contributed by atoms with van der Waals surface area (Å²) in [6.07, 6.45) is 1.48. The lowest BCUT2D eigenvalue weighted by molar-refractivity contribution is 0.184. The van der Waals surface area contributed by atoms with Crippen molar-refractivity contribution < 1.29 is 17.7 Å². The first-order valence-corrected chi connectivity index (χ1v) is 8.32. The first-order valence-electron chi connectivity index (χ1n) is 6.78. The van der Waals surface area contributed by atoms with Crippen molar-refractivity contribution >= 4 is 21.0 Å². The second-order valence-electron chi connectivity index (χ2n) is 5.13. The zero-order valence-electron chi connectivity index (χ0n) is 12.6. The molecule has 0 spiro atoms. The fourth-order valence-corrected chi connectivity index (χ4v) is 3.10. The SMILES string of the molecule is COCc1cc2onc(-c3ncccc3S(N)(=O)=O)c2cc1C. The second kappa shape index (κ2) is 5.73. The zero-order valence-corrected chi connectivity index (χ0v) is 13.4. The maximum atomic E-state index is 11.8. The third-order valence-electron chi connectivity index (χ3n) is 3.53. The van der Waals surface area contributed by atoms with Gasteiger partial charge in [0.2, 0.25) is 10.0 Å². The molecule has 0 saturated carbocycles. The van der Waals surface area contributed by atoms with E-state index in [1.165, 1.54) is 18.3 Å². The largest absolute Gasteiger partial charge is 0.380 e. The van der Waals surface area contributed by atoms with E-state index in [0.717, 1.165) is 11.1 Å². The molecule has 0 fully saturated rings. The summed E-state index contributed by atoms with van der Waals surface area (Å²) in [6.45, 7) is 2.38. The molecule has 8 heteroatoms. The second-order valence-corrected chi connectivity index (χ2v) is 6.66. The number of methoxy groups -OCH3 is 1. The lowest BCUT2D eigenvalue weighted by Gasteiger charge is -2.06. The van der Waals surface area contributed by atoms with Gasteiger partial charge in [-0.2, -0.15) is 0 Å². The van der Waals surface area contributed by atoms with Gasteiger partial charge < -0.3 is 9.26 Å². The maximum Gasteiger partial charge on any atom is 0.240 e. The van der Waals surface area contributed by atoms with Crippen LogP contribution in [0.15, 0.2) is 39.9 Å². The van der Waals surface area contributed by atoms with Crippen LogP contribution in [0.4, 0.5) is 0 Å². The van der Waals surface area contributed by atoms with Crippen LogP contribution in [0.1, 0.15) is 11.1 Å². The van der Waals surface area contributed by atoms with Crippen molar-refractivity contribution in [2.24, 2.45) is 5.14 Å². The number of hydrogen-bond acceptors (Lipinski definition) is 6. The molecule has 3 rings (SSSR count). The van der Waals surface area contributed by atoms with E-state index in [0.29, 0.717) is 23.3 Å². The van der Waals surface area contributed by atoms with Crippen molar-refractivity contribution in [3.8, 4) is 11.4 Å². The molecular weight excluding hydrogens is 318 g/mol. The lowest BCUT2D eigenvalue weighted by Crippen LogP contribution is -2.14. The first kappa shape index (κ1) is 15.6. The van der Waals surface area contributed by atoms with Crippen molar-refractivity contribution in [1.29, 1.82) is 0 Å². The van der Waals surface area contributed by atoms with E-state index in [1.807, 2.05) is 19.1 Å². The van der Waals surface area contributed by atoms with E-state index >= 15 is 0 Å². The highest BCUT2D eigenvalue weighted by Gasteiger charge is 2.21. The number of nitrogens with zero attached hydrogens (tertiary/aromatic N) is 2. The molecule has 1 aromatic carbocycles. The van der Waals surface area contributed by atoms with Crippen molar-refractivity contribution in [2.45, 2.75) is 18.4 Å². The fraction of sp³-hybridized carbons (Fsp3) is 0.200. The van der Waals surface area contributed by atoms with Crippen LogP contribution in [0.5, 0.6) is 0 Å². The summed E-state index contributed by atoms with van der Waals surface area (Å²) >= 11 is 0. The number of fused-ring (bicyclic) bond motifs is 1. The van der Waals surface area contributed by atoms with Crippen LogP contribution in [0.3, 0.4) is 0 Å². The van der Waals surface area contributed by atoms with Gasteiger partial charge in [-0.15, -0.1) is 0 Å². The summed E-state index contributed by atoms with van der Waals surface area (Å²) in [5, 5.41) is 9.91. The minimum absolute atomic E-state index is 0.0891. The van der Waals surface area contributed by atoms with E-state index in [2.05, 4.69) is 10.1 Å². The molecule has 0 aliphatic carbocycles. The van der Waals surface area contributed by atoms with E-state index in [9.17, 15) is 8.42 Å². The van der Waals surface area contributed by atoms with Crippen molar-refractivity contribution in [1.82, 2.24) is 10.1 Å². The van der Waals surface area contributed by atoms with Crippen molar-refractivity contribution in [3.05, 3.63) is 41.6 Å². The van der Waals surface area contributed by atoms with E-state index in [1.54, 1.807) is 7.11 Å². The van der Waals surface area contributed by atoms with Crippen LogP contribution in [-0.2, 0) is 21.4 Å². The van der Waals surface area contributed by atoms with E-state index in [-0.39, 0.29) is 10.6 Å². The highest BCUT2D eigenvalue weighted by atomic mass is 32.2. The molecule has 23 heavy (non-hydrogen) atoms. The van der Waals surface area contributed by atoms with Crippen LogP contribution in [0.2, 0.25) is 0 Å². The molecule has 0 aliphatic heterocycles. The lowest BCUT2D eigenvalue weighted by atomic mass is 10.0. The standard InChI is InChI=1S/C15H15N3O4S/c1-9-6-11-12(7-10(9)8-21-2)22-18-14(11)15-13(23(16,19)20)4-3-5-17-15/h3-7H,8H2,1-2H3,(H2,16,19,20). The van der Waals surface area contributed by atoms with Gasteiger partial charge in [0.15, 0.2) is 5.58 Å². The summed E-state index contributed by atoms with van der Waals surface area (Å²) < 4.78 is 34.0. The monoisotopic (exact) mass is 333 g/mol. The highest BCUT2D eigenvalue weighted by Crippen LogP contribution is 2.32. The summed E-state index contributed by atoms with van der Waals surface area (Å²) in [5.74, 6) is 0. The number of nitrogens with two attached hydrogens (primary N) is 1. The summed E-state index contributed by atoms with van der Waals surface area (Å²) in [4.78, 5) is 4.03. The quantitative estimate of drug-likeness (QED) is 0.782. The number of ether oxygens (including phenoxy) is 1. The number of primary sulfonamides is 1. The number of benzene rings is 1. The third kappa shape index (κ3) is 2.83.